The number of halogens is 4. The Kier molecular flexibility index (Phi) is 4.90. The molecule has 0 unspecified atom stereocenters. The highest BCUT2D eigenvalue weighted by Gasteiger charge is 2.31. The Labute approximate surface area is 151 Å². The zero-order valence-electron chi connectivity index (χ0n) is 13.3. The van der Waals surface area contributed by atoms with Crippen LogP contribution in [0.15, 0.2) is 24.3 Å². The zero-order chi connectivity index (χ0) is 18.9. The normalized spacial score (nSPS) is 14.2. The first-order valence-electron chi connectivity index (χ1n) is 7.71. The Morgan fingerprint density at radius 3 is 2.58 bits per heavy atom. The predicted octanol–water partition coefficient (Wildman–Crippen LogP) is 4.27. The lowest BCUT2D eigenvalue weighted by atomic mass is 10.2. The minimum atomic E-state index is -4.48. The molecule has 0 spiro atoms. The number of nitrogens with zero attached hydrogens (tertiary/aromatic N) is 2. The number of hydrogen-bond acceptors (Lipinski definition) is 5. The van der Waals surface area contributed by atoms with Gasteiger partial charge >= 0.3 is 12.1 Å². The minimum absolute atomic E-state index is 0.105. The van der Waals surface area contributed by atoms with Gasteiger partial charge in [0.1, 0.15) is 12.4 Å². The molecule has 3 rings (SSSR count). The summed E-state index contributed by atoms with van der Waals surface area (Å²) in [6, 6.07) is 4.64. The van der Waals surface area contributed by atoms with Crippen molar-refractivity contribution in [3.8, 4) is 0 Å². The third kappa shape index (κ3) is 4.54. The molecule has 1 aliphatic rings. The average Bonchev–Trinajstić information content (AvgIpc) is 3.38. The number of rotatable bonds is 6. The van der Waals surface area contributed by atoms with Crippen molar-refractivity contribution >= 4 is 35.0 Å². The Hall–Kier alpha value is -2.55. The van der Waals surface area contributed by atoms with E-state index >= 15 is 0 Å². The predicted molar refractivity (Wildman–Crippen MR) is 89.9 cm³/mol. The van der Waals surface area contributed by atoms with Gasteiger partial charge in [-0.3, -0.25) is 4.79 Å². The summed E-state index contributed by atoms with van der Waals surface area (Å²) in [7, 11) is 0. The van der Waals surface area contributed by atoms with Crippen molar-refractivity contribution in [3.05, 3.63) is 40.5 Å². The fourth-order valence-corrected chi connectivity index (χ4v) is 2.51. The van der Waals surface area contributed by atoms with E-state index in [0.717, 1.165) is 30.7 Å². The standard InChI is InChI=1S/C16H14ClF3N4O2/c17-10-5-9(16(18,19)20)3-4-11(10)22-13-6-12(8-1-2-8)23-15(24-13)21-7-14(25)26/h3-6,8H,1-2,7H2,(H,25,26)(H2,21,22,23,24). The van der Waals surface area contributed by atoms with E-state index in [0.29, 0.717) is 5.82 Å². The van der Waals surface area contributed by atoms with Crippen molar-refractivity contribution in [1.29, 1.82) is 0 Å². The van der Waals surface area contributed by atoms with Crippen LogP contribution in [-0.4, -0.2) is 27.6 Å². The highest BCUT2D eigenvalue weighted by molar-refractivity contribution is 6.33. The molecule has 26 heavy (non-hydrogen) atoms. The van der Waals surface area contributed by atoms with E-state index in [2.05, 4.69) is 20.6 Å². The summed E-state index contributed by atoms with van der Waals surface area (Å²) in [5, 5.41) is 14.1. The van der Waals surface area contributed by atoms with Crippen molar-refractivity contribution in [2.75, 3.05) is 17.2 Å². The van der Waals surface area contributed by atoms with Crippen LogP contribution in [0.2, 0.25) is 5.02 Å². The molecule has 1 aromatic heterocycles. The molecular weight excluding hydrogens is 373 g/mol. The molecule has 1 aliphatic carbocycles. The molecule has 0 bridgehead atoms. The highest BCUT2D eigenvalue weighted by Crippen LogP contribution is 2.40. The first-order chi connectivity index (χ1) is 12.2. The molecule has 1 saturated carbocycles. The molecule has 1 aromatic carbocycles. The lowest BCUT2D eigenvalue weighted by Gasteiger charge is -2.13. The molecular formula is C16H14ClF3N4O2. The number of benzene rings is 1. The molecule has 138 valence electrons. The largest absolute Gasteiger partial charge is 0.480 e. The summed E-state index contributed by atoms with van der Waals surface area (Å²) in [6.07, 6.45) is -2.55. The maximum atomic E-state index is 12.7. The van der Waals surface area contributed by atoms with E-state index in [4.69, 9.17) is 16.7 Å². The van der Waals surface area contributed by atoms with Gasteiger partial charge in [-0.15, -0.1) is 0 Å². The van der Waals surface area contributed by atoms with Crippen molar-refractivity contribution < 1.29 is 23.1 Å². The van der Waals surface area contributed by atoms with Crippen LogP contribution in [0, 0.1) is 0 Å². The van der Waals surface area contributed by atoms with E-state index in [1.54, 1.807) is 6.07 Å². The Morgan fingerprint density at radius 2 is 2.00 bits per heavy atom. The summed E-state index contributed by atoms with van der Waals surface area (Å²) in [4.78, 5) is 19.1. The van der Waals surface area contributed by atoms with Gasteiger partial charge in [0, 0.05) is 12.0 Å². The molecule has 0 amide bonds. The summed E-state index contributed by atoms with van der Waals surface area (Å²) in [5.74, 6) is -0.350. The second-order valence-electron chi connectivity index (χ2n) is 5.84. The summed E-state index contributed by atoms with van der Waals surface area (Å²) < 4.78 is 38.2. The Morgan fingerprint density at radius 1 is 1.27 bits per heavy atom. The van der Waals surface area contributed by atoms with Gasteiger partial charge in [-0.1, -0.05) is 11.6 Å². The Bertz CT molecular complexity index is 841. The molecule has 0 atom stereocenters. The fourth-order valence-electron chi connectivity index (χ4n) is 2.28. The van der Waals surface area contributed by atoms with E-state index in [1.165, 1.54) is 6.07 Å². The maximum Gasteiger partial charge on any atom is 0.416 e. The lowest BCUT2D eigenvalue weighted by molar-refractivity contribution is -0.137. The molecule has 0 saturated heterocycles. The van der Waals surface area contributed by atoms with E-state index in [-0.39, 0.29) is 29.1 Å². The zero-order valence-corrected chi connectivity index (χ0v) is 14.0. The van der Waals surface area contributed by atoms with Gasteiger partial charge in [0.05, 0.1) is 22.0 Å². The second-order valence-corrected chi connectivity index (χ2v) is 6.25. The number of nitrogens with one attached hydrogen (secondary N) is 2. The number of aromatic nitrogens is 2. The number of carboxylic acid groups (broad SMARTS) is 1. The fraction of sp³-hybridized carbons (Fsp3) is 0.312. The molecule has 1 fully saturated rings. The minimum Gasteiger partial charge on any atom is -0.480 e. The van der Waals surface area contributed by atoms with Gasteiger partial charge in [-0.2, -0.15) is 18.2 Å². The monoisotopic (exact) mass is 386 g/mol. The molecule has 1 heterocycles. The number of anilines is 3. The summed E-state index contributed by atoms with van der Waals surface area (Å²) in [6.45, 7) is -0.353. The molecule has 0 radical (unpaired) electrons. The number of carbonyl (C=O) groups is 1. The van der Waals surface area contributed by atoms with Crippen LogP contribution in [-0.2, 0) is 11.0 Å². The number of aliphatic carboxylic acids is 1. The maximum absolute atomic E-state index is 12.7. The third-order valence-corrected chi connectivity index (χ3v) is 4.01. The van der Waals surface area contributed by atoms with Crippen molar-refractivity contribution in [3.63, 3.8) is 0 Å². The third-order valence-electron chi connectivity index (χ3n) is 3.70. The van der Waals surface area contributed by atoms with Crippen LogP contribution in [0.3, 0.4) is 0 Å². The van der Waals surface area contributed by atoms with Gasteiger partial charge in [0.25, 0.3) is 0 Å². The van der Waals surface area contributed by atoms with Gasteiger partial charge in [-0.25, -0.2) is 4.98 Å². The van der Waals surface area contributed by atoms with Crippen LogP contribution in [0.1, 0.15) is 30.0 Å². The van der Waals surface area contributed by atoms with E-state index in [9.17, 15) is 18.0 Å². The van der Waals surface area contributed by atoms with Crippen LogP contribution in [0.4, 0.5) is 30.6 Å². The van der Waals surface area contributed by atoms with Gasteiger partial charge < -0.3 is 15.7 Å². The number of carboxylic acids is 1. The highest BCUT2D eigenvalue weighted by atomic mass is 35.5. The first-order valence-corrected chi connectivity index (χ1v) is 8.08. The molecule has 6 nitrogen and oxygen atoms in total. The van der Waals surface area contributed by atoms with Crippen molar-refractivity contribution in [2.45, 2.75) is 24.9 Å². The molecule has 3 N–H and O–H groups in total. The van der Waals surface area contributed by atoms with Crippen molar-refractivity contribution in [2.24, 2.45) is 0 Å². The quantitative estimate of drug-likeness (QED) is 0.687. The second kappa shape index (κ2) is 6.99. The molecule has 0 aliphatic heterocycles. The summed E-state index contributed by atoms with van der Waals surface area (Å²) >= 11 is 5.94. The van der Waals surface area contributed by atoms with E-state index < -0.39 is 17.7 Å². The van der Waals surface area contributed by atoms with Crippen molar-refractivity contribution in [1.82, 2.24) is 9.97 Å². The van der Waals surface area contributed by atoms with Gasteiger partial charge in [-0.05, 0) is 31.0 Å². The SMILES string of the molecule is O=C(O)CNc1nc(Nc2ccc(C(F)(F)F)cc2Cl)cc(C2CC2)n1. The Balaban J connectivity index is 1.85. The molecule has 2 aromatic rings. The smallest absolute Gasteiger partial charge is 0.416 e. The first kappa shape index (κ1) is 18.2. The summed E-state index contributed by atoms with van der Waals surface area (Å²) in [5.41, 5.74) is 0.140. The van der Waals surface area contributed by atoms with Gasteiger partial charge in [0.2, 0.25) is 5.95 Å². The number of hydrogen-bond donors (Lipinski definition) is 3. The van der Waals surface area contributed by atoms with Crippen LogP contribution < -0.4 is 10.6 Å². The number of alkyl halides is 3. The molecule has 10 heteroatoms. The lowest BCUT2D eigenvalue weighted by Crippen LogP contribution is -2.15. The van der Waals surface area contributed by atoms with E-state index in [1.807, 2.05) is 0 Å². The van der Waals surface area contributed by atoms with Gasteiger partial charge in [0.15, 0.2) is 0 Å². The van der Waals surface area contributed by atoms with Crippen LogP contribution in [0.25, 0.3) is 0 Å². The van der Waals surface area contributed by atoms with Crippen LogP contribution >= 0.6 is 11.6 Å². The topological polar surface area (TPSA) is 87.1 Å². The van der Waals surface area contributed by atoms with Crippen LogP contribution in [0.5, 0.6) is 0 Å². The average molecular weight is 387 g/mol.